The van der Waals surface area contributed by atoms with E-state index >= 15 is 0 Å². The van der Waals surface area contributed by atoms with Crippen molar-refractivity contribution in [2.45, 2.75) is 31.7 Å². The second-order valence-electron chi connectivity index (χ2n) is 7.84. The molecule has 7 nitrogen and oxygen atoms in total. The summed E-state index contributed by atoms with van der Waals surface area (Å²) in [5, 5.41) is 0. The Morgan fingerprint density at radius 1 is 1.10 bits per heavy atom. The average molecular weight is 452 g/mol. The molecule has 1 aliphatic heterocycles. The lowest BCUT2D eigenvalue weighted by molar-refractivity contribution is 0.0933. The minimum Gasteiger partial charge on any atom is -0.383 e. The summed E-state index contributed by atoms with van der Waals surface area (Å²) in [5.74, 6) is -0.437. The Kier molecular flexibility index (Phi) is 7.64. The summed E-state index contributed by atoms with van der Waals surface area (Å²) in [6.07, 6.45) is 0.626. The first-order chi connectivity index (χ1) is 14.7. The van der Waals surface area contributed by atoms with Crippen LogP contribution in [0.1, 0.15) is 28.2 Å². The van der Waals surface area contributed by atoms with Crippen LogP contribution in [0.5, 0.6) is 0 Å². The Hall–Kier alpha value is -2.07. The first-order valence-corrected chi connectivity index (χ1v) is 11.8. The van der Waals surface area contributed by atoms with Gasteiger partial charge in [0.2, 0.25) is 10.0 Å². The molecule has 1 aromatic carbocycles. The molecule has 1 aromatic heterocycles. The number of hydrogen-bond acceptors (Lipinski definition) is 5. The number of halogens is 1. The van der Waals surface area contributed by atoms with Crippen LogP contribution in [-0.4, -0.2) is 74.4 Å². The summed E-state index contributed by atoms with van der Waals surface area (Å²) in [6.45, 7) is 7.21. The van der Waals surface area contributed by atoms with Crippen LogP contribution in [0.4, 0.5) is 4.39 Å². The lowest BCUT2D eigenvalue weighted by atomic mass is 10.1. The van der Waals surface area contributed by atoms with E-state index in [9.17, 15) is 17.6 Å². The van der Waals surface area contributed by atoms with Gasteiger partial charge in [0, 0.05) is 50.2 Å². The Balaban J connectivity index is 1.65. The SMILES string of the molecule is COCCn1c(C)cc(C(=O)CN2CCCN(S(=O)(=O)c3ccc(F)cc3)CC2)c1C. The van der Waals surface area contributed by atoms with E-state index in [-0.39, 0.29) is 17.2 Å². The van der Waals surface area contributed by atoms with Crippen LogP contribution in [0, 0.1) is 19.7 Å². The zero-order valence-corrected chi connectivity index (χ0v) is 19.1. The summed E-state index contributed by atoms with van der Waals surface area (Å²) < 4.78 is 47.6. The molecule has 0 spiro atoms. The van der Waals surface area contributed by atoms with Gasteiger partial charge in [-0.1, -0.05) is 0 Å². The molecule has 2 heterocycles. The van der Waals surface area contributed by atoms with Gasteiger partial charge in [0.1, 0.15) is 5.82 Å². The molecule has 170 valence electrons. The summed E-state index contributed by atoms with van der Waals surface area (Å²) in [4.78, 5) is 15.1. The molecule has 1 aliphatic rings. The van der Waals surface area contributed by atoms with E-state index in [1.165, 1.54) is 16.4 Å². The number of carbonyl (C=O) groups excluding carboxylic acids is 1. The maximum atomic E-state index is 13.2. The largest absolute Gasteiger partial charge is 0.383 e. The Labute approximate surface area is 183 Å². The van der Waals surface area contributed by atoms with Crippen LogP contribution in [-0.2, 0) is 21.3 Å². The van der Waals surface area contributed by atoms with Gasteiger partial charge in [0.05, 0.1) is 18.0 Å². The number of aromatic nitrogens is 1. The van der Waals surface area contributed by atoms with E-state index in [0.717, 1.165) is 23.5 Å². The molecule has 9 heteroatoms. The predicted octanol–water partition coefficient (Wildman–Crippen LogP) is 2.47. The molecular weight excluding hydrogens is 421 g/mol. The molecule has 0 bridgehead atoms. The number of ether oxygens (including phenoxy) is 1. The lowest BCUT2D eigenvalue weighted by Crippen LogP contribution is -2.36. The van der Waals surface area contributed by atoms with Crippen LogP contribution in [0.2, 0.25) is 0 Å². The van der Waals surface area contributed by atoms with Gasteiger partial charge in [-0.2, -0.15) is 4.31 Å². The topological polar surface area (TPSA) is 71.8 Å². The molecule has 1 saturated heterocycles. The van der Waals surface area contributed by atoms with Crippen molar-refractivity contribution in [3.8, 4) is 0 Å². The third-order valence-corrected chi connectivity index (χ3v) is 7.67. The standard InChI is InChI=1S/C22H30FN3O4S/c1-17-15-21(18(2)26(17)13-14-30-3)22(27)16-24-9-4-10-25(12-11-24)31(28,29)20-7-5-19(23)6-8-20/h5-8,15H,4,9-14,16H2,1-3H3. The highest BCUT2D eigenvalue weighted by molar-refractivity contribution is 7.89. The molecule has 0 aliphatic carbocycles. The van der Waals surface area contributed by atoms with Crippen molar-refractivity contribution in [2.75, 3.05) is 46.4 Å². The van der Waals surface area contributed by atoms with Crippen LogP contribution < -0.4 is 0 Å². The van der Waals surface area contributed by atoms with Crippen molar-refractivity contribution < 1.29 is 22.3 Å². The minimum atomic E-state index is -3.68. The number of carbonyl (C=O) groups is 1. The highest BCUT2D eigenvalue weighted by Crippen LogP contribution is 2.20. The monoisotopic (exact) mass is 451 g/mol. The fourth-order valence-corrected chi connectivity index (χ4v) is 5.47. The van der Waals surface area contributed by atoms with Crippen molar-refractivity contribution >= 4 is 15.8 Å². The highest BCUT2D eigenvalue weighted by Gasteiger charge is 2.28. The molecule has 0 radical (unpaired) electrons. The molecule has 1 fully saturated rings. The van der Waals surface area contributed by atoms with Crippen molar-refractivity contribution in [3.63, 3.8) is 0 Å². The summed E-state index contributed by atoms with van der Waals surface area (Å²) >= 11 is 0. The Bertz CT molecular complexity index is 1020. The summed E-state index contributed by atoms with van der Waals surface area (Å²) in [7, 11) is -2.03. The molecule has 3 rings (SSSR count). The second-order valence-corrected chi connectivity index (χ2v) is 9.78. The van der Waals surface area contributed by atoms with E-state index in [2.05, 4.69) is 4.57 Å². The number of nitrogens with zero attached hydrogens (tertiary/aromatic N) is 3. The zero-order chi connectivity index (χ0) is 22.6. The van der Waals surface area contributed by atoms with Gasteiger partial charge in [-0.15, -0.1) is 0 Å². The number of aryl methyl sites for hydroxylation is 1. The first-order valence-electron chi connectivity index (χ1n) is 10.4. The maximum absolute atomic E-state index is 13.2. The number of Topliss-reactive ketones (excluding diaryl/α,β-unsaturated/α-hetero) is 1. The van der Waals surface area contributed by atoms with Crippen molar-refractivity contribution in [1.29, 1.82) is 0 Å². The van der Waals surface area contributed by atoms with E-state index in [0.29, 0.717) is 51.3 Å². The molecule has 0 atom stereocenters. The number of ketones is 1. The van der Waals surface area contributed by atoms with Crippen LogP contribution in [0.25, 0.3) is 0 Å². The molecule has 31 heavy (non-hydrogen) atoms. The number of rotatable bonds is 8. The van der Waals surface area contributed by atoms with Gasteiger partial charge in [-0.3, -0.25) is 9.69 Å². The number of benzene rings is 1. The molecule has 0 unspecified atom stereocenters. The van der Waals surface area contributed by atoms with Crippen LogP contribution >= 0.6 is 0 Å². The third-order valence-electron chi connectivity index (χ3n) is 5.76. The number of sulfonamides is 1. The van der Waals surface area contributed by atoms with E-state index < -0.39 is 15.8 Å². The number of methoxy groups -OCH3 is 1. The first kappa shape index (κ1) is 23.6. The zero-order valence-electron chi connectivity index (χ0n) is 18.3. The molecule has 0 saturated carbocycles. The Morgan fingerprint density at radius 3 is 2.48 bits per heavy atom. The maximum Gasteiger partial charge on any atom is 0.243 e. The summed E-state index contributed by atoms with van der Waals surface area (Å²) in [5.41, 5.74) is 2.65. The van der Waals surface area contributed by atoms with E-state index in [4.69, 9.17) is 4.74 Å². The smallest absolute Gasteiger partial charge is 0.243 e. The quantitative estimate of drug-likeness (QED) is 0.577. The molecule has 0 N–H and O–H groups in total. The van der Waals surface area contributed by atoms with Gasteiger partial charge in [-0.05, 0) is 57.1 Å². The Morgan fingerprint density at radius 2 is 1.81 bits per heavy atom. The number of hydrogen-bond donors (Lipinski definition) is 0. The van der Waals surface area contributed by atoms with Gasteiger partial charge < -0.3 is 9.30 Å². The van der Waals surface area contributed by atoms with E-state index in [1.54, 1.807) is 7.11 Å². The van der Waals surface area contributed by atoms with Gasteiger partial charge in [-0.25, -0.2) is 12.8 Å². The van der Waals surface area contributed by atoms with Crippen LogP contribution in [0.3, 0.4) is 0 Å². The van der Waals surface area contributed by atoms with Crippen molar-refractivity contribution in [1.82, 2.24) is 13.8 Å². The fourth-order valence-electron chi connectivity index (χ4n) is 4.00. The average Bonchev–Trinajstić information content (AvgIpc) is 2.89. The minimum absolute atomic E-state index is 0.0339. The third kappa shape index (κ3) is 5.41. The fraction of sp³-hybridized carbons (Fsp3) is 0.500. The highest BCUT2D eigenvalue weighted by atomic mass is 32.2. The molecular formula is C22H30FN3O4S. The van der Waals surface area contributed by atoms with Crippen molar-refractivity contribution in [3.05, 3.63) is 53.1 Å². The normalized spacial score (nSPS) is 16.4. The molecule has 0 amide bonds. The van der Waals surface area contributed by atoms with E-state index in [1.807, 2.05) is 24.8 Å². The lowest BCUT2D eigenvalue weighted by Gasteiger charge is -2.21. The summed E-state index contributed by atoms with van der Waals surface area (Å²) in [6, 6.07) is 6.79. The second kappa shape index (κ2) is 10.0. The van der Waals surface area contributed by atoms with Crippen molar-refractivity contribution in [2.24, 2.45) is 0 Å². The van der Waals surface area contributed by atoms with Gasteiger partial charge in [0.15, 0.2) is 5.78 Å². The van der Waals surface area contributed by atoms with Gasteiger partial charge in [0.25, 0.3) is 0 Å². The van der Waals surface area contributed by atoms with Gasteiger partial charge >= 0.3 is 0 Å². The molecule has 2 aromatic rings. The van der Waals surface area contributed by atoms with Crippen LogP contribution in [0.15, 0.2) is 35.2 Å². The predicted molar refractivity (Wildman–Crippen MR) is 116 cm³/mol.